The first-order valence-corrected chi connectivity index (χ1v) is 7.35. The fraction of sp³-hybridized carbons (Fsp3) is 0.412. The van der Waals surface area contributed by atoms with Gasteiger partial charge >= 0.3 is 11.9 Å². The minimum atomic E-state index is -0.701. The molecule has 0 saturated carbocycles. The number of nitrogens with zero attached hydrogens (tertiary/aromatic N) is 1. The maximum absolute atomic E-state index is 12.4. The van der Waals surface area contributed by atoms with E-state index in [1.807, 2.05) is 0 Å². The van der Waals surface area contributed by atoms with E-state index in [2.05, 4.69) is 0 Å². The molecular formula is C17H21NO6. The van der Waals surface area contributed by atoms with Gasteiger partial charge < -0.3 is 23.5 Å². The summed E-state index contributed by atoms with van der Waals surface area (Å²) in [7, 11) is 4.13. The highest BCUT2D eigenvalue weighted by atomic mass is 16.5. The van der Waals surface area contributed by atoms with Crippen molar-refractivity contribution in [3.8, 4) is 0 Å². The number of carbonyl (C=O) groups is 2. The average Bonchev–Trinajstić information content (AvgIpc) is 3.11. The highest BCUT2D eigenvalue weighted by Crippen LogP contribution is 2.42. The predicted octanol–water partition coefficient (Wildman–Crippen LogP) is 2.18. The lowest BCUT2D eigenvalue weighted by Crippen LogP contribution is -2.35. The Kier molecular flexibility index (Phi) is 5.46. The second-order valence-electron chi connectivity index (χ2n) is 5.28. The van der Waals surface area contributed by atoms with Crippen molar-refractivity contribution in [3.05, 3.63) is 46.7 Å². The van der Waals surface area contributed by atoms with Crippen LogP contribution < -0.4 is 0 Å². The van der Waals surface area contributed by atoms with Gasteiger partial charge in [-0.2, -0.15) is 0 Å². The molecule has 0 saturated heterocycles. The minimum absolute atomic E-state index is 0.184. The monoisotopic (exact) mass is 335 g/mol. The second kappa shape index (κ2) is 7.35. The molecule has 0 fully saturated rings. The summed E-state index contributed by atoms with van der Waals surface area (Å²) in [6.07, 6.45) is 1.49. The SMILES string of the molecule is COCN1C(C)=C(C(=O)OC)C(c2ccco2)C(C(=O)OC)=C1C. The molecule has 0 atom stereocenters. The van der Waals surface area contributed by atoms with Gasteiger partial charge in [0.1, 0.15) is 12.5 Å². The third kappa shape index (κ3) is 2.94. The molecular weight excluding hydrogens is 314 g/mol. The van der Waals surface area contributed by atoms with E-state index in [9.17, 15) is 9.59 Å². The highest BCUT2D eigenvalue weighted by Gasteiger charge is 2.41. The standard InChI is InChI=1S/C17H21NO6/c1-10-13(16(19)22-4)15(12-7-6-8-24-12)14(17(20)23-5)11(2)18(10)9-21-3/h6-8,15H,9H2,1-5H3. The van der Waals surface area contributed by atoms with Crippen molar-refractivity contribution in [2.75, 3.05) is 28.1 Å². The van der Waals surface area contributed by atoms with Crippen LogP contribution in [0.15, 0.2) is 45.4 Å². The Bertz CT molecular complexity index is 646. The molecule has 1 aromatic heterocycles. The summed E-state index contributed by atoms with van der Waals surface area (Å²) in [6.45, 7) is 3.74. The van der Waals surface area contributed by atoms with Gasteiger partial charge in [0.05, 0.1) is 37.5 Å². The quantitative estimate of drug-likeness (QED) is 0.763. The molecule has 2 rings (SSSR count). The molecule has 0 unspecified atom stereocenters. The summed E-state index contributed by atoms with van der Waals surface area (Å²) in [6, 6.07) is 3.41. The largest absolute Gasteiger partial charge is 0.468 e. The van der Waals surface area contributed by atoms with E-state index in [1.54, 1.807) is 30.9 Å². The molecule has 1 aromatic rings. The van der Waals surface area contributed by atoms with Crippen LogP contribution in [0.1, 0.15) is 25.5 Å². The fourth-order valence-corrected chi connectivity index (χ4v) is 2.92. The third-order valence-electron chi connectivity index (χ3n) is 4.06. The van der Waals surface area contributed by atoms with Gasteiger partial charge in [0.15, 0.2) is 0 Å². The van der Waals surface area contributed by atoms with Crippen LogP contribution in [-0.2, 0) is 23.8 Å². The van der Waals surface area contributed by atoms with Crippen molar-refractivity contribution in [1.29, 1.82) is 0 Å². The van der Waals surface area contributed by atoms with Gasteiger partial charge in [0.2, 0.25) is 0 Å². The predicted molar refractivity (Wildman–Crippen MR) is 84.6 cm³/mol. The Morgan fingerprint density at radius 1 is 1.08 bits per heavy atom. The van der Waals surface area contributed by atoms with Crippen LogP contribution in [0.25, 0.3) is 0 Å². The maximum atomic E-state index is 12.4. The van der Waals surface area contributed by atoms with Gasteiger partial charge in [0, 0.05) is 18.5 Å². The normalized spacial score (nSPS) is 15.8. The van der Waals surface area contributed by atoms with Crippen LogP contribution in [0.5, 0.6) is 0 Å². The summed E-state index contributed by atoms with van der Waals surface area (Å²) >= 11 is 0. The van der Waals surface area contributed by atoms with E-state index in [0.29, 0.717) is 28.3 Å². The van der Waals surface area contributed by atoms with Crippen LogP contribution in [0.3, 0.4) is 0 Å². The summed E-state index contributed by atoms with van der Waals surface area (Å²) in [5, 5.41) is 0. The van der Waals surface area contributed by atoms with Gasteiger partial charge in [-0.05, 0) is 26.0 Å². The van der Waals surface area contributed by atoms with Crippen LogP contribution in [0, 0.1) is 0 Å². The third-order valence-corrected chi connectivity index (χ3v) is 4.06. The van der Waals surface area contributed by atoms with E-state index in [4.69, 9.17) is 18.6 Å². The van der Waals surface area contributed by atoms with Crippen LogP contribution in [0.2, 0.25) is 0 Å². The molecule has 7 nitrogen and oxygen atoms in total. The first-order valence-electron chi connectivity index (χ1n) is 7.35. The fourth-order valence-electron chi connectivity index (χ4n) is 2.92. The van der Waals surface area contributed by atoms with E-state index in [0.717, 1.165) is 0 Å². The zero-order chi connectivity index (χ0) is 17.9. The molecule has 130 valence electrons. The molecule has 0 aliphatic carbocycles. The highest BCUT2D eigenvalue weighted by molar-refractivity contribution is 5.99. The lowest BCUT2D eigenvalue weighted by molar-refractivity contribution is -0.137. The Hall–Kier alpha value is -2.54. The topological polar surface area (TPSA) is 78.2 Å². The number of rotatable bonds is 5. The van der Waals surface area contributed by atoms with Gasteiger partial charge in [-0.25, -0.2) is 9.59 Å². The minimum Gasteiger partial charge on any atom is -0.468 e. The van der Waals surface area contributed by atoms with Gasteiger partial charge in [-0.3, -0.25) is 0 Å². The number of carbonyl (C=O) groups excluding carboxylic acids is 2. The molecule has 0 amide bonds. The Labute approximate surface area is 140 Å². The van der Waals surface area contributed by atoms with E-state index < -0.39 is 17.9 Å². The maximum Gasteiger partial charge on any atom is 0.336 e. The number of allylic oxidation sites excluding steroid dienone is 2. The van der Waals surface area contributed by atoms with Gasteiger partial charge in [-0.1, -0.05) is 0 Å². The van der Waals surface area contributed by atoms with Crippen molar-refractivity contribution < 1.29 is 28.2 Å². The zero-order valence-corrected chi connectivity index (χ0v) is 14.4. The number of esters is 2. The zero-order valence-electron chi connectivity index (χ0n) is 14.4. The number of methoxy groups -OCH3 is 3. The molecule has 1 aliphatic heterocycles. The molecule has 0 N–H and O–H groups in total. The van der Waals surface area contributed by atoms with Crippen molar-refractivity contribution in [1.82, 2.24) is 4.90 Å². The molecule has 1 aliphatic rings. The summed E-state index contributed by atoms with van der Waals surface area (Å²) in [4.78, 5) is 26.6. The molecule has 0 bridgehead atoms. The first kappa shape index (κ1) is 17.8. The van der Waals surface area contributed by atoms with E-state index in [-0.39, 0.29) is 6.73 Å². The summed E-state index contributed by atoms with van der Waals surface area (Å²) in [5.41, 5.74) is 1.90. The van der Waals surface area contributed by atoms with Crippen molar-refractivity contribution in [2.24, 2.45) is 0 Å². The van der Waals surface area contributed by atoms with Gasteiger partial charge in [0.25, 0.3) is 0 Å². The molecule has 0 radical (unpaired) electrons. The average molecular weight is 335 g/mol. The second-order valence-corrected chi connectivity index (χ2v) is 5.28. The lowest BCUT2D eigenvalue weighted by Gasteiger charge is -2.36. The van der Waals surface area contributed by atoms with E-state index >= 15 is 0 Å². The number of furan rings is 1. The van der Waals surface area contributed by atoms with E-state index in [1.165, 1.54) is 27.6 Å². The summed E-state index contributed by atoms with van der Waals surface area (Å²) < 4.78 is 20.5. The Morgan fingerprint density at radius 3 is 2.00 bits per heavy atom. The van der Waals surface area contributed by atoms with Crippen LogP contribution in [0.4, 0.5) is 0 Å². The number of hydrogen-bond acceptors (Lipinski definition) is 7. The molecule has 0 spiro atoms. The Morgan fingerprint density at radius 2 is 1.62 bits per heavy atom. The van der Waals surface area contributed by atoms with Crippen molar-refractivity contribution >= 4 is 11.9 Å². The number of ether oxygens (including phenoxy) is 3. The smallest absolute Gasteiger partial charge is 0.336 e. The molecule has 24 heavy (non-hydrogen) atoms. The first-order chi connectivity index (χ1) is 11.5. The van der Waals surface area contributed by atoms with Crippen molar-refractivity contribution in [3.63, 3.8) is 0 Å². The van der Waals surface area contributed by atoms with Crippen LogP contribution >= 0.6 is 0 Å². The lowest BCUT2D eigenvalue weighted by atomic mass is 9.83. The number of hydrogen-bond donors (Lipinski definition) is 0. The molecule has 0 aromatic carbocycles. The Balaban J connectivity index is 2.72. The van der Waals surface area contributed by atoms with Crippen molar-refractivity contribution in [2.45, 2.75) is 19.8 Å². The molecule has 7 heteroatoms. The van der Waals surface area contributed by atoms with Crippen LogP contribution in [-0.4, -0.2) is 44.9 Å². The van der Waals surface area contributed by atoms with Gasteiger partial charge in [-0.15, -0.1) is 0 Å². The molecule has 2 heterocycles. The summed E-state index contributed by atoms with van der Waals surface area (Å²) in [5.74, 6) is -1.31.